The number of thioether (sulfide) groups is 1. The van der Waals surface area contributed by atoms with Crippen molar-refractivity contribution in [3.05, 3.63) is 36.9 Å². The van der Waals surface area contributed by atoms with E-state index in [4.69, 9.17) is 9.84 Å². The Morgan fingerprint density at radius 3 is 2.43 bits per heavy atom. The second-order valence-electron chi connectivity index (χ2n) is 5.03. The average Bonchev–Trinajstić information content (AvgIpc) is 2.56. The molecule has 0 saturated carbocycles. The Kier molecular flexibility index (Phi) is 6.17. The highest BCUT2D eigenvalue weighted by Gasteiger charge is 2.43. The second kappa shape index (κ2) is 7.91. The first-order valence-electron chi connectivity index (χ1n) is 6.97. The Morgan fingerprint density at radius 2 is 1.87 bits per heavy atom. The lowest BCUT2D eigenvalue weighted by molar-refractivity contribution is -0.205. The van der Waals surface area contributed by atoms with Crippen molar-refractivity contribution >= 4 is 23.4 Å². The first-order chi connectivity index (χ1) is 11.0. The van der Waals surface area contributed by atoms with Crippen LogP contribution in [-0.2, 0) is 9.53 Å². The van der Waals surface area contributed by atoms with Crippen LogP contribution in [0.25, 0.3) is 0 Å². The Balaban J connectivity index is 2.03. The summed E-state index contributed by atoms with van der Waals surface area (Å²) >= 11 is 1.14. The molecule has 7 nitrogen and oxygen atoms in total. The zero-order valence-electron chi connectivity index (χ0n) is 12.2. The quantitative estimate of drug-likeness (QED) is 0.467. The smallest absolute Gasteiger partial charge is 0.247 e. The summed E-state index contributed by atoms with van der Waals surface area (Å²) in [5.74, 6) is -0.320. The molecule has 23 heavy (non-hydrogen) atoms. The van der Waals surface area contributed by atoms with Gasteiger partial charge in [-0.15, -0.1) is 0 Å². The minimum absolute atomic E-state index is 0.320. The number of rotatable bonds is 5. The van der Waals surface area contributed by atoms with Crippen LogP contribution < -0.4 is 5.32 Å². The van der Waals surface area contributed by atoms with Gasteiger partial charge in [-0.2, -0.15) is 0 Å². The molecular weight excluding hydrogens is 322 g/mol. The first-order valence-corrected chi connectivity index (χ1v) is 7.85. The van der Waals surface area contributed by atoms with Crippen molar-refractivity contribution in [1.82, 2.24) is 0 Å². The van der Waals surface area contributed by atoms with Crippen LogP contribution in [0.15, 0.2) is 41.8 Å². The number of aliphatic hydroxyl groups excluding tert-OH is 4. The Labute approximate surface area is 137 Å². The van der Waals surface area contributed by atoms with Gasteiger partial charge in [0.05, 0.1) is 6.61 Å². The number of ether oxygens (including phenoxy) is 1. The van der Waals surface area contributed by atoms with Gasteiger partial charge in [0, 0.05) is 10.6 Å². The molecular formula is C15H19NO6S. The van der Waals surface area contributed by atoms with E-state index in [0.717, 1.165) is 22.7 Å². The van der Waals surface area contributed by atoms with Crippen molar-refractivity contribution in [3.63, 3.8) is 0 Å². The third-order valence-electron chi connectivity index (χ3n) is 3.41. The molecule has 0 aliphatic carbocycles. The fourth-order valence-electron chi connectivity index (χ4n) is 2.11. The molecule has 5 atom stereocenters. The van der Waals surface area contributed by atoms with Crippen LogP contribution in [0, 0.1) is 0 Å². The molecule has 1 saturated heterocycles. The van der Waals surface area contributed by atoms with Crippen LogP contribution in [0.2, 0.25) is 0 Å². The Hall–Kier alpha value is -1.42. The maximum absolute atomic E-state index is 11.2. The molecule has 126 valence electrons. The van der Waals surface area contributed by atoms with Gasteiger partial charge in [-0.25, -0.2) is 0 Å². The fourth-order valence-corrected chi connectivity index (χ4v) is 3.17. The normalized spacial score (nSPS) is 30.7. The minimum atomic E-state index is -1.40. The van der Waals surface area contributed by atoms with Gasteiger partial charge < -0.3 is 30.5 Å². The highest BCUT2D eigenvalue weighted by molar-refractivity contribution is 7.99. The van der Waals surface area contributed by atoms with E-state index in [1.165, 1.54) is 0 Å². The molecule has 0 aromatic heterocycles. The van der Waals surface area contributed by atoms with Crippen molar-refractivity contribution in [1.29, 1.82) is 0 Å². The number of nitrogens with one attached hydrogen (secondary N) is 1. The number of hydrogen-bond donors (Lipinski definition) is 5. The minimum Gasteiger partial charge on any atom is -0.394 e. The van der Waals surface area contributed by atoms with Crippen LogP contribution >= 0.6 is 11.8 Å². The summed E-state index contributed by atoms with van der Waals surface area (Å²) in [4.78, 5) is 11.9. The summed E-state index contributed by atoms with van der Waals surface area (Å²) in [6.45, 7) is 2.90. The predicted molar refractivity (Wildman–Crippen MR) is 84.9 cm³/mol. The molecule has 1 fully saturated rings. The predicted octanol–water partition coefficient (Wildman–Crippen LogP) is -0.297. The third kappa shape index (κ3) is 4.31. The molecule has 1 amide bonds. The summed E-state index contributed by atoms with van der Waals surface area (Å²) in [5, 5.41) is 41.2. The van der Waals surface area contributed by atoms with E-state index < -0.39 is 36.5 Å². The Morgan fingerprint density at radius 1 is 1.22 bits per heavy atom. The maximum Gasteiger partial charge on any atom is 0.247 e. The third-order valence-corrected chi connectivity index (χ3v) is 4.57. The molecule has 8 heteroatoms. The van der Waals surface area contributed by atoms with Crippen LogP contribution in [0.4, 0.5) is 5.69 Å². The van der Waals surface area contributed by atoms with E-state index in [1.54, 1.807) is 24.3 Å². The lowest BCUT2D eigenvalue weighted by Crippen LogP contribution is -2.57. The number of benzene rings is 1. The molecule has 1 aliphatic rings. The van der Waals surface area contributed by atoms with Gasteiger partial charge >= 0.3 is 0 Å². The van der Waals surface area contributed by atoms with E-state index in [0.29, 0.717) is 5.69 Å². The Bertz CT molecular complexity index is 549. The maximum atomic E-state index is 11.2. The highest BCUT2D eigenvalue weighted by Crippen LogP contribution is 2.33. The molecule has 1 aliphatic heterocycles. The summed E-state index contributed by atoms with van der Waals surface area (Å²) < 4.78 is 5.42. The van der Waals surface area contributed by atoms with Crippen LogP contribution in [-0.4, -0.2) is 62.8 Å². The largest absolute Gasteiger partial charge is 0.394 e. The molecule has 1 aromatic rings. The van der Waals surface area contributed by atoms with Crippen molar-refractivity contribution in [2.24, 2.45) is 0 Å². The number of amides is 1. The van der Waals surface area contributed by atoms with Gasteiger partial charge in [0.2, 0.25) is 5.91 Å². The summed E-state index contributed by atoms with van der Waals surface area (Å²) in [6, 6.07) is 6.77. The molecule has 0 unspecified atom stereocenters. The van der Waals surface area contributed by atoms with Gasteiger partial charge in [0.1, 0.15) is 29.9 Å². The number of carbonyl (C=O) groups is 1. The van der Waals surface area contributed by atoms with E-state index >= 15 is 0 Å². The molecule has 1 aromatic carbocycles. The molecule has 5 N–H and O–H groups in total. The topological polar surface area (TPSA) is 119 Å². The van der Waals surface area contributed by atoms with Crippen LogP contribution in [0.3, 0.4) is 0 Å². The molecule has 0 radical (unpaired) electrons. The zero-order chi connectivity index (χ0) is 17.0. The van der Waals surface area contributed by atoms with Crippen molar-refractivity contribution < 1.29 is 30.0 Å². The number of anilines is 1. The summed E-state index contributed by atoms with van der Waals surface area (Å²) in [5.41, 5.74) is -0.243. The molecule has 2 rings (SSSR count). The lowest BCUT2D eigenvalue weighted by Gasteiger charge is -2.39. The van der Waals surface area contributed by atoms with Crippen molar-refractivity contribution in [3.8, 4) is 0 Å². The van der Waals surface area contributed by atoms with Crippen molar-refractivity contribution in [2.75, 3.05) is 11.9 Å². The molecule has 1 heterocycles. The zero-order valence-corrected chi connectivity index (χ0v) is 13.0. The SMILES string of the molecule is C=CC(=O)Nc1ccc(S[C@H]2O[C@H](CO)[C@@H](O)[C@H](O)[C@@H]2O)cc1. The van der Waals surface area contributed by atoms with Crippen LogP contribution in [0.1, 0.15) is 0 Å². The van der Waals surface area contributed by atoms with Gasteiger partial charge in [-0.05, 0) is 30.3 Å². The van der Waals surface area contributed by atoms with Gasteiger partial charge in [0.15, 0.2) is 0 Å². The van der Waals surface area contributed by atoms with E-state index in [1.807, 2.05) is 0 Å². The number of aliphatic hydroxyl groups is 4. The van der Waals surface area contributed by atoms with Gasteiger partial charge in [-0.1, -0.05) is 18.3 Å². The lowest BCUT2D eigenvalue weighted by atomic mass is 10.0. The van der Waals surface area contributed by atoms with E-state index in [9.17, 15) is 20.1 Å². The van der Waals surface area contributed by atoms with Crippen LogP contribution in [0.5, 0.6) is 0 Å². The van der Waals surface area contributed by atoms with Crippen molar-refractivity contribution in [2.45, 2.75) is 34.7 Å². The average molecular weight is 341 g/mol. The fraction of sp³-hybridized carbons (Fsp3) is 0.400. The summed E-state index contributed by atoms with van der Waals surface area (Å²) in [6.07, 6.45) is -3.83. The first kappa shape index (κ1) is 17.9. The van der Waals surface area contributed by atoms with Gasteiger partial charge in [0.25, 0.3) is 0 Å². The highest BCUT2D eigenvalue weighted by atomic mass is 32.2. The van der Waals surface area contributed by atoms with E-state index in [-0.39, 0.29) is 5.91 Å². The molecule has 0 spiro atoms. The number of hydrogen-bond acceptors (Lipinski definition) is 7. The monoisotopic (exact) mass is 341 g/mol. The van der Waals surface area contributed by atoms with E-state index in [2.05, 4.69) is 11.9 Å². The molecule has 0 bridgehead atoms. The number of carbonyl (C=O) groups excluding carboxylic acids is 1. The summed E-state index contributed by atoms with van der Waals surface area (Å²) in [7, 11) is 0. The second-order valence-corrected chi connectivity index (χ2v) is 6.20. The van der Waals surface area contributed by atoms with Gasteiger partial charge in [-0.3, -0.25) is 4.79 Å². The standard InChI is InChI=1S/C15H19NO6S/c1-2-11(18)16-8-3-5-9(6-4-8)23-15-14(21)13(20)12(19)10(7-17)22-15/h2-6,10,12-15,17,19-21H,1,7H2,(H,16,18)/t10-,12-,13+,14+,15-/m1/s1.